The molecule has 5 rings (SSSR count). The Morgan fingerprint density at radius 1 is 1.32 bits per heavy atom. The molecule has 2 unspecified atom stereocenters. The number of benzene rings is 1. The number of nitrogens with zero attached hydrogens (tertiary/aromatic N) is 2. The molecule has 3 atom stereocenters. The van der Waals surface area contributed by atoms with Crippen LogP contribution in [0, 0.1) is 0 Å². The number of ether oxygens (including phenoxy) is 1. The third-order valence-electron chi connectivity index (χ3n) is 6.15. The van der Waals surface area contributed by atoms with Gasteiger partial charge in [-0.3, -0.25) is 9.69 Å². The Morgan fingerprint density at radius 2 is 2.15 bits per heavy atom. The van der Waals surface area contributed by atoms with Gasteiger partial charge in [0.2, 0.25) is 5.91 Å². The third-order valence-corrected chi connectivity index (χ3v) is 7.44. The van der Waals surface area contributed by atoms with E-state index in [1.54, 1.807) is 6.07 Å². The van der Waals surface area contributed by atoms with E-state index in [1.807, 2.05) is 0 Å². The molecule has 2 aromatic rings. The Hall–Kier alpha value is -2.99. The molecule has 4 heterocycles. The van der Waals surface area contributed by atoms with Crippen LogP contribution < -0.4 is 25.6 Å². The summed E-state index contributed by atoms with van der Waals surface area (Å²) in [5.74, 6) is -0.541. The van der Waals surface area contributed by atoms with Gasteiger partial charge in [0.05, 0.1) is 30.1 Å². The maximum absolute atomic E-state index is 13.6. The zero-order valence-corrected chi connectivity index (χ0v) is 18.9. The van der Waals surface area contributed by atoms with Crippen molar-refractivity contribution in [3.05, 3.63) is 41.6 Å². The molecule has 3 amide bonds. The number of amides is 3. The van der Waals surface area contributed by atoms with E-state index in [2.05, 4.69) is 20.9 Å². The number of hydrogen-bond acceptors (Lipinski definition) is 6. The second-order valence-electron chi connectivity index (χ2n) is 8.28. The van der Waals surface area contributed by atoms with Crippen LogP contribution in [0.2, 0.25) is 0 Å². The molecular weight excluding hydrogens is 471 g/mol. The third kappa shape index (κ3) is 3.94. The molecule has 8 nitrogen and oxygen atoms in total. The van der Waals surface area contributed by atoms with Crippen molar-refractivity contribution in [3.63, 3.8) is 0 Å². The van der Waals surface area contributed by atoms with Gasteiger partial charge in [0.25, 0.3) is 0 Å². The van der Waals surface area contributed by atoms with Crippen LogP contribution in [0.5, 0.6) is 5.75 Å². The number of methoxy groups -OCH3 is 1. The van der Waals surface area contributed by atoms with Gasteiger partial charge in [0.1, 0.15) is 16.0 Å². The van der Waals surface area contributed by atoms with Crippen LogP contribution in [0.3, 0.4) is 0 Å². The number of thioether (sulfide) groups is 1. The van der Waals surface area contributed by atoms with Crippen LogP contribution in [0.15, 0.2) is 35.5 Å². The van der Waals surface area contributed by atoms with Crippen molar-refractivity contribution in [2.45, 2.75) is 41.4 Å². The highest BCUT2D eigenvalue weighted by Crippen LogP contribution is 2.51. The van der Waals surface area contributed by atoms with Crippen molar-refractivity contribution in [2.75, 3.05) is 25.1 Å². The highest BCUT2D eigenvalue weighted by molar-refractivity contribution is 8.01. The van der Waals surface area contributed by atoms with Crippen LogP contribution in [0.25, 0.3) is 0 Å². The van der Waals surface area contributed by atoms with Crippen LogP contribution in [0.4, 0.5) is 29.3 Å². The Balaban J connectivity index is 1.48. The number of aromatic nitrogens is 1. The monoisotopic (exact) mass is 493 g/mol. The molecule has 180 valence electrons. The van der Waals surface area contributed by atoms with Crippen molar-refractivity contribution in [1.29, 1.82) is 0 Å². The van der Waals surface area contributed by atoms with Gasteiger partial charge in [-0.15, -0.1) is 0 Å². The predicted octanol–water partition coefficient (Wildman–Crippen LogP) is 3.35. The maximum atomic E-state index is 13.6. The lowest BCUT2D eigenvalue weighted by molar-refractivity contribution is -0.138. The number of rotatable bonds is 4. The minimum Gasteiger partial charge on any atom is -0.496 e. The summed E-state index contributed by atoms with van der Waals surface area (Å²) < 4.78 is 45.6. The lowest BCUT2D eigenvalue weighted by Crippen LogP contribution is -2.52. The lowest BCUT2D eigenvalue weighted by atomic mass is 9.99. The van der Waals surface area contributed by atoms with E-state index < -0.39 is 29.1 Å². The minimum absolute atomic E-state index is 0.00821. The largest absolute Gasteiger partial charge is 0.496 e. The fourth-order valence-electron chi connectivity index (χ4n) is 4.60. The molecule has 1 fully saturated rings. The fraction of sp³-hybridized carbons (Fsp3) is 0.409. The zero-order chi connectivity index (χ0) is 24.0. The first-order valence-electron chi connectivity index (χ1n) is 10.8. The van der Waals surface area contributed by atoms with Gasteiger partial charge in [-0.25, -0.2) is 9.78 Å². The highest BCUT2D eigenvalue weighted by Gasteiger charge is 2.47. The number of anilines is 2. The summed E-state index contributed by atoms with van der Waals surface area (Å²) in [6, 6.07) is 3.79. The number of pyridine rings is 1. The number of nitrogens with one attached hydrogen (secondary N) is 3. The molecule has 3 N–H and O–H groups in total. The fourth-order valence-corrected chi connectivity index (χ4v) is 5.83. The minimum atomic E-state index is -4.66. The van der Waals surface area contributed by atoms with Crippen molar-refractivity contribution >= 4 is 35.1 Å². The van der Waals surface area contributed by atoms with Crippen molar-refractivity contribution in [3.8, 4) is 5.75 Å². The maximum Gasteiger partial charge on any atom is 0.420 e. The summed E-state index contributed by atoms with van der Waals surface area (Å²) in [4.78, 5) is 31.8. The van der Waals surface area contributed by atoms with Crippen molar-refractivity contribution < 1.29 is 27.5 Å². The van der Waals surface area contributed by atoms with Gasteiger partial charge < -0.3 is 20.7 Å². The van der Waals surface area contributed by atoms with Crippen molar-refractivity contribution in [1.82, 2.24) is 20.9 Å². The molecule has 0 bridgehead atoms. The van der Waals surface area contributed by atoms with Crippen LogP contribution in [-0.4, -0.2) is 48.4 Å². The molecule has 1 saturated heterocycles. The van der Waals surface area contributed by atoms with E-state index in [1.165, 1.54) is 35.0 Å². The normalized spacial score (nSPS) is 23.8. The highest BCUT2D eigenvalue weighted by atomic mass is 32.2. The predicted molar refractivity (Wildman–Crippen MR) is 119 cm³/mol. The SMILES string of the molecule is COc1ccc(N2C(=O)NC3c4c2ccnc4S[C@H]3C(=O)NC2CCCNC2)cc1C(F)(F)F. The molecule has 0 radical (unpaired) electrons. The Morgan fingerprint density at radius 3 is 2.85 bits per heavy atom. The first-order valence-corrected chi connectivity index (χ1v) is 11.7. The standard InChI is InChI=1S/C22H22F3N5O3S/c1-33-15-5-4-12(9-13(15)22(23,24)25)30-14-6-8-27-20-16(14)17(29-21(30)32)18(34-20)19(31)28-11-3-2-7-26-10-11/h4-6,8-9,11,17-18,26H,2-3,7,10H2,1H3,(H,28,31)(H,29,32)/t11?,17?,18-/m1/s1. The first kappa shape index (κ1) is 22.8. The van der Waals surface area contributed by atoms with Gasteiger partial charge in [0, 0.05) is 24.3 Å². The summed E-state index contributed by atoms with van der Waals surface area (Å²) in [5, 5.41) is 9.05. The van der Waals surface area contributed by atoms with Crippen LogP contribution in [-0.2, 0) is 11.0 Å². The number of carbonyl (C=O) groups excluding carboxylic acids is 2. The van der Waals surface area contributed by atoms with Crippen LogP contribution >= 0.6 is 11.8 Å². The molecule has 3 aliphatic heterocycles. The Kier molecular flexibility index (Phi) is 5.80. The van der Waals surface area contributed by atoms with E-state index in [-0.39, 0.29) is 23.4 Å². The molecular formula is C22H22F3N5O3S. The van der Waals surface area contributed by atoms with Crippen molar-refractivity contribution in [2.24, 2.45) is 0 Å². The molecule has 1 aromatic carbocycles. The number of urea groups is 1. The smallest absolute Gasteiger partial charge is 0.420 e. The summed E-state index contributed by atoms with van der Waals surface area (Å²) in [6.07, 6.45) is -1.34. The van der Waals surface area contributed by atoms with E-state index in [0.29, 0.717) is 22.8 Å². The number of alkyl halides is 3. The molecule has 3 aliphatic rings. The lowest BCUT2D eigenvalue weighted by Gasteiger charge is -2.35. The van der Waals surface area contributed by atoms with E-state index in [0.717, 1.165) is 32.6 Å². The first-order chi connectivity index (χ1) is 16.3. The van der Waals surface area contributed by atoms with Gasteiger partial charge in [-0.2, -0.15) is 13.2 Å². The Labute approximate surface area is 197 Å². The summed E-state index contributed by atoms with van der Waals surface area (Å²) in [6.45, 7) is 1.60. The average Bonchev–Trinajstić information content (AvgIpc) is 3.18. The molecule has 0 spiro atoms. The number of carbonyl (C=O) groups is 2. The number of piperidine rings is 1. The van der Waals surface area contributed by atoms with E-state index >= 15 is 0 Å². The van der Waals surface area contributed by atoms with E-state index in [9.17, 15) is 22.8 Å². The molecule has 0 saturated carbocycles. The number of hydrogen-bond donors (Lipinski definition) is 3. The van der Waals surface area contributed by atoms with Gasteiger partial charge >= 0.3 is 12.2 Å². The van der Waals surface area contributed by atoms with E-state index in [4.69, 9.17) is 4.74 Å². The summed E-state index contributed by atoms with van der Waals surface area (Å²) >= 11 is 1.25. The Bertz CT molecular complexity index is 1140. The summed E-state index contributed by atoms with van der Waals surface area (Å²) in [5.41, 5.74) is 0.0714. The second-order valence-corrected chi connectivity index (χ2v) is 9.41. The number of halogens is 3. The molecule has 12 heteroatoms. The topological polar surface area (TPSA) is 95.6 Å². The molecule has 34 heavy (non-hydrogen) atoms. The van der Waals surface area contributed by atoms with Gasteiger partial charge in [0.15, 0.2) is 0 Å². The summed E-state index contributed by atoms with van der Waals surface area (Å²) in [7, 11) is 1.16. The average molecular weight is 494 g/mol. The molecule has 0 aliphatic carbocycles. The second kappa shape index (κ2) is 8.66. The van der Waals surface area contributed by atoms with Gasteiger partial charge in [-0.1, -0.05) is 11.8 Å². The molecule has 1 aromatic heterocycles. The van der Waals surface area contributed by atoms with Crippen LogP contribution in [0.1, 0.15) is 30.0 Å². The quantitative estimate of drug-likeness (QED) is 0.605. The zero-order valence-electron chi connectivity index (χ0n) is 18.1. The van der Waals surface area contributed by atoms with Gasteiger partial charge in [-0.05, 0) is 43.7 Å².